The smallest absolute Gasteiger partial charge is 0.123 e. The molecule has 3 nitrogen and oxygen atoms in total. The molecular formula is C19H27FN2O. The van der Waals surface area contributed by atoms with E-state index in [4.69, 9.17) is 4.84 Å². The molecule has 23 heavy (non-hydrogen) atoms. The summed E-state index contributed by atoms with van der Waals surface area (Å²) in [6.45, 7) is 13.2. The van der Waals surface area contributed by atoms with Crippen LogP contribution in [0, 0.1) is 11.7 Å². The molecule has 0 saturated carbocycles. The zero-order chi connectivity index (χ0) is 16.9. The molecule has 2 rings (SSSR count). The van der Waals surface area contributed by atoms with Gasteiger partial charge in [-0.1, -0.05) is 32.1 Å². The van der Waals surface area contributed by atoms with Crippen molar-refractivity contribution in [3.8, 4) is 0 Å². The summed E-state index contributed by atoms with van der Waals surface area (Å²) in [5, 5.41) is 2.07. The zero-order valence-corrected chi connectivity index (χ0v) is 14.2. The summed E-state index contributed by atoms with van der Waals surface area (Å²) in [6.07, 6.45) is 4.81. The van der Waals surface area contributed by atoms with Crippen molar-refractivity contribution in [2.45, 2.75) is 51.3 Å². The fourth-order valence-corrected chi connectivity index (χ4v) is 3.54. The normalized spacial score (nSPS) is 25.0. The maximum Gasteiger partial charge on any atom is 0.123 e. The monoisotopic (exact) mass is 318 g/mol. The third-order valence-electron chi connectivity index (χ3n) is 4.30. The van der Waals surface area contributed by atoms with Crippen LogP contribution in [0.25, 0.3) is 0 Å². The van der Waals surface area contributed by atoms with Gasteiger partial charge in [0.1, 0.15) is 11.9 Å². The topological polar surface area (TPSA) is 24.8 Å². The van der Waals surface area contributed by atoms with Crippen LogP contribution in [0.4, 0.5) is 4.39 Å². The Balaban J connectivity index is 2.24. The van der Waals surface area contributed by atoms with Crippen molar-refractivity contribution in [3.63, 3.8) is 0 Å². The quantitative estimate of drug-likeness (QED) is 0.524. The number of hydroxylamine groups is 2. The highest BCUT2D eigenvalue weighted by Gasteiger charge is 2.46. The Labute approximate surface area is 138 Å². The van der Waals surface area contributed by atoms with Gasteiger partial charge in [-0.2, -0.15) is 5.06 Å². The molecule has 1 saturated heterocycles. The van der Waals surface area contributed by atoms with Gasteiger partial charge in [0.25, 0.3) is 0 Å². The van der Waals surface area contributed by atoms with E-state index in [0.717, 1.165) is 24.8 Å². The van der Waals surface area contributed by atoms with Gasteiger partial charge in [0, 0.05) is 6.54 Å². The fourth-order valence-electron chi connectivity index (χ4n) is 3.54. The van der Waals surface area contributed by atoms with Crippen LogP contribution in [0.2, 0.25) is 0 Å². The lowest BCUT2D eigenvalue weighted by Crippen LogP contribution is -2.43. The molecule has 1 unspecified atom stereocenters. The molecular weight excluding hydrogens is 291 g/mol. The second-order valence-corrected chi connectivity index (χ2v) is 6.82. The van der Waals surface area contributed by atoms with Crippen LogP contribution in [0.3, 0.4) is 0 Å². The van der Waals surface area contributed by atoms with E-state index >= 15 is 0 Å². The molecule has 4 heteroatoms. The maximum atomic E-state index is 13.1. The second kappa shape index (κ2) is 7.84. The number of benzene rings is 1. The largest absolute Gasteiger partial charge is 0.298 e. The maximum absolute atomic E-state index is 13.1. The average Bonchev–Trinajstić information content (AvgIpc) is 2.79. The summed E-state index contributed by atoms with van der Waals surface area (Å²) in [4.78, 5) is 10.2. The van der Waals surface area contributed by atoms with Crippen molar-refractivity contribution in [1.82, 2.24) is 5.06 Å². The van der Waals surface area contributed by atoms with Gasteiger partial charge in [0.15, 0.2) is 0 Å². The molecule has 1 aromatic rings. The third-order valence-corrected chi connectivity index (χ3v) is 4.30. The summed E-state index contributed by atoms with van der Waals surface area (Å²) in [5.41, 5.74) is 0.954. The molecule has 126 valence electrons. The summed E-state index contributed by atoms with van der Waals surface area (Å²) in [5.74, 6) is 0.328. The van der Waals surface area contributed by atoms with Crippen LogP contribution >= 0.6 is 0 Å². The lowest BCUT2D eigenvalue weighted by atomic mass is 9.81. The Bertz CT molecular complexity index is 529. The van der Waals surface area contributed by atoms with Crippen LogP contribution in [-0.4, -0.2) is 30.0 Å². The van der Waals surface area contributed by atoms with Crippen molar-refractivity contribution in [1.29, 1.82) is 0 Å². The lowest BCUT2D eigenvalue weighted by molar-refractivity contribution is -0.195. The minimum absolute atomic E-state index is 0.0478. The predicted octanol–water partition coefficient (Wildman–Crippen LogP) is 4.39. The number of aliphatic imine (C=N–C) groups is 1. The number of halogens is 1. The van der Waals surface area contributed by atoms with Crippen molar-refractivity contribution in [2.75, 3.05) is 6.54 Å². The highest BCUT2D eigenvalue weighted by Crippen LogP contribution is 2.41. The molecule has 0 amide bonds. The Morgan fingerprint density at radius 2 is 2.13 bits per heavy atom. The SMILES string of the molecule is C=CCC1(CC(C)C)C[C@H](CN=C)ON1Cc1ccc(F)cc1. The summed E-state index contributed by atoms with van der Waals surface area (Å²) >= 11 is 0. The van der Waals surface area contributed by atoms with Gasteiger partial charge >= 0.3 is 0 Å². The van der Waals surface area contributed by atoms with E-state index in [1.165, 1.54) is 12.1 Å². The first-order valence-electron chi connectivity index (χ1n) is 8.21. The van der Waals surface area contributed by atoms with Gasteiger partial charge in [0.05, 0.1) is 12.1 Å². The Hall–Kier alpha value is -1.52. The highest BCUT2D eigenvalue weighted by atomic mass is 19.1. The molecule has 1 aromatic carbocycles. The minimum atomic E-state index is -0.218. The number of hydrogen-bond donors (Lipinski definition) is 0. The van der Waals surface area contributed by atoms with Gasteiger partial charge in [-0.3, -0.25) is 9.83 Å². The Kier molecular flexibility index (Phi) is 6.08. The van der Waals surface area contributed by atoms with Crippen molar-refractivity contribution >= 4 is 6.72 Å². The zero-order valence-electron chi connectivity index (χ0n) is 14.2. The van der Waals surface area contributed by atoms with E-state index in [2.05, 4.69) is 37.2 Å². The van der Waals surface area contributed by atoms with Crippen LogP contribution in [0.1, 0.15) is 38.7 Å². The van der Waals surface area contributed by atoms with E-state index in [-0.39, 0.29) is 17.5 Å². The Morgan fingerprint density at radius 3 is 2.70 bits per heavy atom. The van der Waals surface area contributed by atoms with Crippen molar-refractivity contribution in [2.24, 2.45) is 10.9 Å². The molecule has 1 heterocycles. The number of nitrogens with zero attached hydrogens (tertiary/aromatic N) is 2. The lowest BCUT2D eigenvalue weighted by Gasteiger charge is -2.37. The van der Waals surface area contributed by atoms with E-state index in [9.17, 15) is 4.39 Å². The second-order valence-electron chi connectivity index (χ2n) is 6.82. The van der Waals surface area contributed by atoms with Crippen molar-refractivity contribution in [3.05, 3.63) is 48.3 Å². The van der Waals surface area contributed by atoms with E-state index < -0.39 is 0 Å². The van der Waals surface area contributed by atoms with Gasteiger partial charge in [0.2, 0.25) is 0 Å². The van der Waals surface area contributed by atoms with Crippen molar-refractivity contribution < 1.29 is 9.23 Å². The molecule has 0 aliphatic carbocycles. The van der Waals surface area contributed by atoms with Gasteiger partial charge in [-0.15, -0.1) is 6.58 Å². The molecule has 2 atom stereocenters. The van der Waals surface area contributed by atoms with Crippen LogP contribution in [-0.2, 0) is 11.4 Å². The molecule has 0 N–H and O–H groups in total. The molecule has 0 spiro atoms. The first-order chi connectivity index (χ1) is 11.0. The molecule has 1 aliphatic rings. The van der Waals surface area contributed by atoms with Gasteiger partial charge in [-0.05, 0) is 49.6 Å². The van der Waals surface area contributed by atoms with E-state index in [0.29, 0.717) is 19.0 Å². The molecule has 0 radical (unpaired) electrons. The standard InChI is InChI=1S/C19H27FN2O/c1-5-10-19(11-15(2)3)12-18(13-21-4)23-22(19)14-16-6-8-17(20)9-7-16/h5-9,15,18H,1,4,10-14H2,2-3H3/t18-,19?/m1/s1. The Morgan fingerprint density at radius 1 is 1.43 bits per heavy atom. The molecule has 1 aliphatic heterocycles. The minimum Gasteiger partial charge on any atom is -0.298 e. The van der Waals surface area contributed by atoms with Gasteiger partial charge in [-0.25, -0.2) is 4.39 Å². The number of rotatable bonds is 8. The van der Waals surface area contributed by atoms with Crippen LogP contribution in [0.5, 0.6) is 0 Å². The first-order valence-corrected chi connectivity index (χ1v) is 8.21. The van der Waals surface area contributed by atoms with Crippen LogP contribution < -0.4 is 0 Å². The molecule has 1 fully saturated rings. The van der Waals surface area contributed by atoms with Crippen LogP contribution in [0.15, 0.2) is 41.9 Å². The summed E-state index contributed by atoms with van der Waals surface area (Å²) in [6, 6.07) is 6.61. The molecule has 0 bridgehead atoms. The predicted molar refractivity (Wildman–Crippen MR) is 92.8 cm³/mol. The molecule has 0 aromatic heterocycles. The van der Waals surface area contributed by atoms with Gasteiger partial charge < -0.3 is 0 Å². The fraction of sp³-hybridized carbons (Fsp3) is 0.526. The highest BCUT2D eigenvalue weighted by molar-refractivity contribution is 5.23. The number of hydrogen-bond acceptors (Lipinski definition) is 3. The van der Waals surface area contributed by atoms with E-state index in [1.54, 1.807) is 0 Å². The summed E-state index contributed by atoms with van der Waals surface area (Å²) in [7, 11) is 0. The van der Waals surface area contributed by atoms with E-state index in [1.807, 2.05) is 18.2 Å². The third kappa shape index (κ3) is 4.49. The first kappa shape index (κ1) is 17.8. The average molecular weight is 318 g/mol. The summed E-state index contributed by atoms with van der Waals surface area (Å²) < 4.78 is 13.1.